The average Bonchev–Trinajstić information content (AvgIpc) is 2.37. The number of pyridine rings is 1. The smallest absolute Gasteiger partial charge is 0.218 e. The lowest BCUT2D eigenvalue weighted by Crippen LogP contribution is -2.35. The van der Waals surface area contributed by atoms with Crippen LogP contribution in [0.2, 0.25) is 0 Å². The van der Waals surface area contributed by atoms with Crippen molar-refractivity contribution in [3.05, 3.63) is 23.9 Å². The summed E-state index contributed by atoms with van der Waals surface area (Å²) in [6, 6.07) is 4.09. The molecule has 112 valence electrons. The van der Waals surface area contributed by atoms with Crippen molar-refractivity contribution in [3.8, 4) is 5.88 Å². The Kier molecular flexibility index (Phi) is 5.03. The summed E-state index contributed by atoms with van der Waals surface area (Å²) < 4.78 is 6.17. The van der Waals surface area contributed by atoms with Gasteiger partial charge in [-0.1, -0.05) is 19.4 Å². The van der Waals surface area contributed by atoms with E-state index in [-0.39, 0.29) is 5.54 Å². The van der Waals surface area contributed by atoms with Gasteiger partial charge in [-0.2, -0.15) is 0 Å². The first kappa shape index (κ1) is 15.3. The molecular formula is C17H28N2O. The molecule has 0 bridgehead atoms. The maximum atomic E-state index is 6.17. The highest BCUT2D eigenvalue weighted by molar-refractivity contribution is 5.25. The van der Waals surface area contributed by atoms with E-state index in [4.69, 9.17) is 4.74 Å². The minimum absolute atomic E-state index is 0.104. The molecule has 0 aliphatic heterocycles. The van der Waals surface area contributed by atoms with Gasteiger partial charge in [-0.15, -0.1) is 0 Å². The van der Waals surface area contributed by atoms with E-state index in [1.807, 2.05) is 12.3 Å². The highest BCUT2D eigenvalue weighted by Crippen LogP contribution is 2.28. The maximum absolute atomic E-state index is 6.17. The minimum atomic E-state index is 0.104. The summed E-state index contributed by atoms with van der Waals surface area (Å²) in [5.41, 5.74) is 1.26. The molecule has 1 aromatic heterocycles. The molecule has 3 heteroatoms. The van der Waals surface area contributed by atoms with Crippen LogP contribution < -0.4 is 10.1 Å². The van der Waals surface area contributed by atoms with Crippen molar-refractivity contribution >= 4 is 0 Å². The molecule has 0 aromatic carbocycles. The standard InChI is InChI=1S/C17H28N2O/c1-13-7-5-9-15(11-13)20-16-14(8-6-10-18-16)12-19-17(2,3)4/h6,8,10,13,15,19H,5,7,9,11-12H2,1-4H3. The van der Waals surface area contributed by atoms with Crippen molar-refractivity contribution < 1.29 is 4.74 Å². The molecular weight excluding hydrogens is 248 g/mol. The van der Waals surface area contributed by atoms with Gasteiger partial charge in [-0.05, 0) is 52.0 Å². The van der Waals surface area contributed by atoms with E-state index in [1.165, 1.54) is 12.8 Å². The Morgan fingerprint density at radius 3 is 2.85 bits per heavy atom. The van der Waals surface area contributed by atoms with Crippen molar-refractivity contribution in [2.75, 3.05) is 0 Å². The number of nitrogens with zero attached hydrogens (tertiary/aromatic N) is 1. The second-order valence-corrected chi connectivity index (χ2v) is 7.08. The van der Waals surface area contributed by atoms with Gasteiger partial charge in [0.15, 0.2) is 0 Å². The number of hydrogen-bond acceptors (Lipinski definition) is 3. The summed E-state index contributed by atoms with van der Waals surface area (Å²) in [5, 5.41) is 3.50. The third kappa shape index (κ3) is 4.78. The molecule has 1 aliphatic carbocycles. The van der Waals surface area contributed by atoms with Crippen molar-refractivity contribution in [1.29, 1.82) is 0 Å². The van der Waals surface area contributed by atoms with Crippen LogP contribution in [0.4, 0.5) is 0 Å². The van der Waals surface area contributed by atoms with E-state index in [2.05, 4.69) is 44.1 Å². The zero-order chi connectivity index (χ0) is 14.6. The lowest BCUT2D eigenvalue weighted by Gasteiger charge is -2.28. The van der Waals surface area contributed by atoms with E-state index in [9.17, 15) is 0 Å². The quantitative estimate of drug-likeness (QED) is 0.905. The van der Waals surface area contributed by atoms with E-state index < -0.39 is 0 Å². The van der Waals surface area contributed by atoms with Crippen molar-refractivity contribution in [1.82, 2.24) is 10.3 Å². The zero-order valence-corrected chi connectivity index (χ0v) is 13.3. The van der Waals surface area contributed by atoms with E-state index in [1.54, 1.807) is 0 Å². The molecule has 2 atom stereocenters. The van der Waals surface area contributed by atoms with Gasteiger partial charge in [0, 0.05) is 23.8 Å². The Labute approximate surface area is 123 Å². The third-order valence-electron chi connectivity index (χ3n) is 3.83. The molecule has 0 saturated heterocycles. The van der Waals surface area contributed by atoms with Gasteiger partial charge in [0.1, 0.15) is 6.10 Å². The zero-order valence-electron chi connectivity index (χ0n) is 13.3. The van der Waals surface area contributed by atoms with Crippen LogP contribution in [0.1, 0.15) is 58.9 Å². The fraction of sp³-hybridized carbons (Fsp3) is 0.706. The molecule has 1 aromatic rings. The fourth-order valence-corrected chi connectivity index (χ4v) is 2.67. The van der Waals surface area contributed by atoms with Crippen LogP contribution in [-0.4, -0.2) is 16.6 Å². The van der Waals surface area contributed by atoms with Crippen LogP contribution in [0.5, 0.6) is 5.88 Å². The molecule has 1 saturated carbocycles. The maximum Gasteiger partial charge on any atom is 0.218 e. The van der Waals surface area contributed by atoms with E-state index >= 15 is 0 Å². The molecule has 2 rings (SSSR count). The summed E-state index contributed by atoms with van der Waals surface area (Å²) >= 11 is 0. The van der Waals surface area contributed by atoms with E-state index in [0.717, 1.165) is 36.7 Å². The molecule has 2 unspecified atom stereocenters. The topological polar surface area (TPSA) is 34.1 Å². The summed E-state index contributed by atoms with van der Waals surface area (Å²) in [6.07, 6.45) is 7.08. The first-order chi connectivity index (χ1) is 9.44. The van der Waals surface area contributed by atoms with Crippen LogP contribution in [-0.2, 0) is 6.54 Å². The average molecular weight is 276 g/mol. The molecule has 20 heavy (non-hydrogen) atoms. The number of aromatic nitrogens is 1. The van der Waals surface area contributed by atoms with Crippen molar-refractivity contribution in [3.63, 3.8) is 0 Å². The van der Waals surface area contributed by atoms with Gasteiger partial charge >= 0.3 is 0 Å². The Morgan fingerprint density at radius 1 is 1.35 bits per heavy atom. The molecule has 1 heterocycles. The van der Waals surface area contributed by atoms with Gasteiger partial charge in [0.25, 0.3) is 0 Å². The number of nitrogens with one attached hydrogen (secondary N) is 1. The van der Waals surface area contributed by atoms with Gasteiger partial charge in [-0.3, -0.25) is 0 Å². The largest absolute Gasteiger partial charge is 0.474 e. The molecule has 0 radical (unpaired) electrons. The first-order valence-electron chi connectivity index (χ1n) is 7.79. The molecule has 1 N–H and O–H groups in total. The fourth-order valence-electron chi connectivity index (χ4n) is 2.67. The van der Waals surface area contributed by atoms with Gasteiger partial charge in [0.2, 0.25) is 5.88 Å². The van der Waals surface area contributed by atoms with Crippen LogP contribution in [0.25, 0.3) is 0 Å². The summed E-state index contributed by atoms with van der Waals surface area (Å²) in [4.78, 5) is 4.44. The normalized spacial score (nSPS) is 23.6. The monoisotopic (exact) mass is 276 g/mol. The number of rotatable bonds is 4. The minimum Gasteiger partial charge on any atom is -0.474 e. The van der Waals surface area contributed by atoms with Crippen LogP contribution in [0.3, 0.4) is 0 Å². The molecule has 0 spiro atoms. The first-order valence-corrected chi connectivity index (χ1v) is 7.79. The second-order valence-electron chi connectivity index (χ2n) is 7.08. The van der Waals surface area contributed by atoms with Gasteiger partial charge < -0.3 is 10.1 Å². The molecule has 0 amide bonds. The molecule has 1 aliphatic rings. The number of ether oxygens (including phenoxy) is 1. The predicted octanol–water partition coefficient (Wildman–Crippen LogP) is 3.93. The SMILES string of the molecule is CC1CCCC(Oc2ncccc2CNC(C)(C)C)C1. The highest BCUT2D eigenvalue weighted by atomic mass is 16.5. The summed E-state index contributed by atoms with van der Waals surface area (Å²) in [7, 11) is 0. The van der Waals surface area contributed by atoms with Crippen molar-refractivity contribution in [2.24, 2.45) is 5.92 Å². The Balaban J connectivity index is 2.00. The Morgan fingerprint density at radius 2 is 2.15 bits per heavy atom. The third-order valence-corrected chi connectivity index (χ3v) is 3.83. The lowest BCUT2D eigenvalue weighted by atomic mass is 9.89. The summed E-state index contributed by atoms with van der Waals surface area (Å²) in [5.74, 6) is 1.58. The molecule has 1 fully saturated rings. The van der Waals surface area contributed by atoms with Crippen LogP contribution >= 0.6 is 0 Å². The predicted molar refractivity (Wildman–Crippen MR) is 82.9 cm³/mol. The van der Waals surface area contributed by atoms with Crippen molar-refractivity contribution in [2.45, 2.75) is 71.6 Å². The number of hydrogen-bond donors (Lipinski definition) is 1. The van der Waals surface area contributed by atoms with Gasteiger partial charge in [-0.25, -0.2) is 4.98 Å². The second kappa shape index (κ2) is 6.57. The van der Waals surface area contributed by atoms with Crippen LogP contribution in [0.15, 0.2) is 18.3 Å². The van der Waals surface area contributed by atoms with E-state index in [0.29, 0.717) is 6.10 Å². The summed E-state index contributed by atoms with van der Waals surface area (Å²) in [6.45, 7) is 9.64. The lowest BCUT2D eigenvalue weighted by molar-refractivity contribution is 0.122. The van der Waals surface area contributed by atoms with Gasteiger partial charge in [0.05, 0.1) is 0 Å². The Hall–Kier alpha value is -1.09. The molecule has 3 nitrogen and oxygen atoms in total. The van der Waals surface area contributed by atoms with Crippen LogP contribution in [0, 0.1) is 5.92 Å². The Bertz CT molecular complexity index is 425. The highest BCUT2D eigenvalue weighted by Gasteiger charge is 2.21.